The Morgan fingerprint density at radius 3 is 2.73 bits per heavy atom. The molecule has 1 aliphatic heterocycles. The molecule has 3 rings (SSSR count). The third-order valence-electron chi connectivity index (χ3n) is 3.59. The molecule has 2 heterocycles. The van der Waals surface area contributed by atoms with Crippen molar-refractivity contribution in [3.8, 4) is 11.8 Å². The van der Waals surface area contributed by atoms with Crippen molar-refractivity contribution in [2.24, 2.45) is 4.99 Å². The number of hydrogen-bond donors (Lipinski definition) is 1. The second-order valence-electron chi connectivity index (χ2n) is 5.53. The van der Waals surface area contributed by atoms with Gasteiger partial charge in [-0.1, -0.05) is 5.92 Å². The maximum atomic E-state index is 13.5. The summed E-state index contributed by atoms with van der Waals surface area (Å²) in [5.41, 5.74) is 3.57. The lowest BCUT2D eigenvalue weighted by Crippen LogP contribution is -2.22. The molecule has 0 aliphatic carbocycles. The number of hydrogen-bond acceptors (Lipinski definition) is 2. The number of alkyl halides is 1. The van der Waals surface area contributed by atoms with E-state index in [1.807, 2.05) is 49.3 Å². The Labute approximate surface area is 129 Å². The van der Waals surface area contributed by atoms with Gasteiger partial charge in [-0.2, -0.15) is 0 Å². The SMILES string of the molecule is CN(C)c1ccc(C#Cc2cc3c([nH]2)=NCCC(F)C=3)cc1. The summed E-state index contributed by atoms with van der Waals surface area (Å²) < 4.78 is 13.5. The quantitative estimate of drug-likeness (QED) is 0.797. The molecule has 1 unspecified atom stereocenters. The third kappa shape index (κ3) is 3.20. The van der Waals surface area contributed by atoms with Crippen LogP contribution in [0, 0.1) is 11.8 Å². The van der Waals surface area contributed by atoms with Gasteiger partial charge in [0.25, 0.3) is 0 Å². The number of halogens is 1. The predicted octanol–water partition coefficient (Wildman–Crippen LogP) is 1.62. The van der Waals surface area contributed by atoms with Crippen LogP contribution >= 0.6 is 0 Å². The highest BCUT2D eigenvalue weighted by atomic mass is 19.1. The number of nitrogens with zero attached hydrogens (tertiary/aromatic N) is 2. The van der Waals surface area contributed by atoms with Crippen LogP contribution in [0.5, 0.6) is 0 Å². The first kappa shape index (κ1) is 14.4. The average Bonchev–Trinajstić information content (AvgIpc) is 2.79. The number of rotatable bonds is 1. The zero-order valence-electron chi connectivity index (χ0n) is 12.7. The summed E-state index contributed by atoms with van der Waals surface area (Å²) >= 11 is 0. The minimum atomic E-state index is -0.930. The maximum absolute atomic E-state index is 13.5. The van der Waals surface area contributed by atoms with E-state index in [9.17, 15) is 4.39 Å². The highest BCUT2D eigenvalue weighted by Gasteiger charge is 2.06. The molecule has 1 N–H and O–H groups in total. The van der Waals surface area contributed by atoms with Gasteiger partial charge in [0, 0.05) is 43.5 Å². The molecule has 3 nitrogen and oxygen atoms in total. The largest absolute Gasteiger partial charge is 0.378 e. The smallest absolute Gasteiger partial charge is 0.133 e. The predicted molar refractivity (Wildman–Crippen MR) is 87.2 cm³/mol. The van der Waals surface area contributed by atoms with E-state index in [1.165, 1.54) is 0 Å². The summed E-state index contributed by atoms with van der Waals surface area (Å²) in [7, 11) is 4.01. The first-order valence-corrected chi connectivity index (χ1v) is 7.31. The first-order valence-electron chi connectivity index (χ1n) is 7.31. The number of aromatic nitrogens is 1. The molecule has 1 aliphatic rings. The van der Waals surface area contributed by atoms with Crippen molar-refractivity contribution in [1.29, 1.82) is 0 Å². The van der Waals surface area contributed by atoms with Crippen LogP contribution in [0.15, 0.2) is 35.3 Å². The van der Waals surface area contributed by atoms with Crippen LogP contribution in [0.2, 0.25) is 0 Å². The van der Waals surface area contributed by atoms with Gasteiger partial charge in [-0.3, -0.25) is 4.99 Å². The van der Waals surface area contributed by atoms with Crippen LogP contribution in [0.3, 0.4) is 0 Å². The number of benzene rings is 1. The maximum Gasteiger partial charge on any atom is 0.133 e. The van der Waals surface area contributed by atoms with Crippen molar-refractivity contribution in [2.45, 2.75) is 12.6 Å². The van der Waals surface area contributed by atoms with E-state index in [-0.39, 0.29) is 0 Å². The molecule has 1 atom stereocenters. The molecule has 22 heavy (non-hydrogen) atoms. The molecule has 1 aromatic heterocycles. The molecule has 1 aromatic carbocycles. The fourth-order valence-corrected chi connectivity index (χ4v) is 2.35. The van der Waals surface area contributed by atoms with Crippen LogP contribution in [-0.2, 0) is 0 Å². The third-order valence-corrected chi connectivity index (χ3v) is 3.59. The average molecular weight is 295 g/mol. The topological polar surface area (TPSA) is 31.4 Å². The second-order valence-corrected chi connectivity index (χ2v) is 5.53. The standard InChI is InChI=1S/C18H18FN3/c1-22(2)17-7-4-13(5-8-17)3-6-16-12-14-11-15(19)9-10-20-18(14)21-16/h4-5,7-8,11-12,15H,9-10H2,1-2H3,(H,20,21). The second kappa shape index (κ2) is 6.07. The zero-order valence-corrected chi connectivity index (χ0v) is 12.7. The summed E-state index contributed by atoms with van der Waals surface area (Å²) in [4.78, 5) is 9.54. The van der Waals surface area contributed by atoms with E-state index in [4.69, 9.17) is 0 Å². The van der Waals surface area contributed by atoms with E-state index in [2.05, 4.69) is 21.8 Å². The molecule has 0 bridgehead atoms. The van der Waals surface area contributed by atoms with E-state index < -0.39 is 6.17 Å². The summed E-state index contributed by atoms with van der Waals surface area (Å²) in [6.07, 6.45) is 1.13. The molecule has 0 radical (unpaired) electrons. The minimum absolute atomic E-state index is 0.446. The molecule has 0 saturated heterocycles. The molecule has 4 heteroatoms. The lowest BCUT2D eigenvalue weighted by atomic mass is 10.2. The fraction of sp³-hybridized carbons (Fsp3) is 0.278. The summed E-state index contributed by atoms with van der Waals surface area (Å²) in [5, 5.41) is 0.803. The molecule has 112 valence electrons. The lowest BCUT2D eigenvalue weighted by molar-refractivity contribution is 0.403. The van der Waals surface area contributed by atoms with Gasteiger partial charge >= 0.3 is 0 Å². The van der Waals surface area contributed by atoms with Gasteiger partial charge < -0.3 is 9.88 Å². The Morgan fingerprint density at radius 2 is 2.00 bits per heavy atom. The summed E-state index contributed by atoms with van der Waals surface area (Å²) in [6, 6.07) is 9.90. The zero-order chi connectivity index (χ0) is 15.5. The van der Waals surface area contributed by atoms with E-state index in [0.717, 1.165) is 27.7 Å². The summed E-state index contributed by atoms with van der Waals surface area (Å²) in [6.45, 7) is 0.504. The van der Waals surface area contributed by atoms with Crippen molar-refractivity contribution >= 4 is 11.8 Å². The van der Waals surface area contributed by atoms with Crippen LogP contribution in [0.25, 0.3) is 6.08 Å². The molecule has 0 fully saturated rings. The van der Waals surface area contributed by atoms with E-state index in [1.54, 1.807) is 6.08 Å². The van der Waals surface area contributed by atoms with Crippen LogP contribution in [-0.4, -0.2) is 31.8 Å². The van der Waals surface area contributed by atoms with Gasteiger partial charge in [0.2, 0.25) is 0 Å². The Bertz CT molecular complexity index is 835. The Balaban J connectivity index is 1.88. The first-order chi connectivity index (χ1) is 10.6. The number of H-pyrrole nitrogens is 1. The van der Waals surface area contributed by atoms with Crippen molar-refractivity contribution in [3.05, 3.63) is 52.3 Å². The molecule has 2 aromatic rings. The molecular formula is C18H18FN3. The van der Waals surface area contributed by atoms with Gasteiger partial charge in [-0.15, -0.1) is 0 Å². The van der Waals surface area contributed by atoms with Gasteiger partial charge in [0.1, 0.15) is 11.7 Å². The number of aromatic amines is 1. The summed E-state index contributed by atoms with van der Waals surface area (Å²) in [5.74, 6) is 6.19. The molecular weight excluding hydrogens is 277 g/mol. The van der Waals surface area contributed by atoms with Crippen LogP contribution in [0.4, 0.5) is 10.1 Å². The van der Waals surface area contributed by atoms with Crippen LogP contribution < -0.4 is 15.6 Å². The van der Waals surface area contributed by atoms with Gasteiger partial charge in [0.15, 0.2) is 0 Å². The van der Waals surface area contributed by atoms with Gasteiger partial charge in [0.05, 0.1) is 5.69 Å². The minimum Gasteiger partial charge on any atom is -0.378 e. The number of fused-ring (bicyclic) bond motifs is 1. The van der Waals surface area contributed by atoms with E-state index >= 15 is 0 Å². The molecule has 0 amide bonds. The number of nitrogens with one attached hydrogen (secondary N) is 1. The van der Waals surface area contributed by atoms with Gasteiger partial charge in [-0.05, 0) is 42.3 Å². The Kier molecular flexibility index (Phi) is 3.97. The normalized spacial score (nSPS) is 16.4. The monoisotopic (exact) mass is 295 g/mol. The van der Waals surface area contributed by atoms with Crippen molar-refractivity contribution < 1.29 is 4.39 Å². The highest BCUT2D eigenvalue weighted by Crippen LogP contribution is 2.11. The highest BCUT2D eigenvalue weighted by molar-refractivity contribution is 5.50. The van der Waals surface area contributed by atoms with Crippen molar-refractivity contribution in [3.63, 3.8) is 0 Å². The van der Waals surface area contributed by atoms with E-state index in [0.29, 0.717) is 13.0 Å². The molecule has 0 spiro atoms. The fourth-order valence-electron chi connectivity index (χ4n) is 2.35. The Hall–Kier alpha value is -2.54. The van der Waals surface area contributed by atoms with Crippen LogP contribution in [0.1, 0.15) is 17.7 Å². The lowest BCUT2D eigenvalue weighted by Gasteiger charge is -2.11. The number of anilines is 1. The van der Waals surface area contributed by atoms with Gasteiger partial charge in [-0.25, -0.2) is 4.39 Å². The van der Waals surface area contributed by atoms with Crippen molar-refractivity contribution in [2.75, 3.05) is 25.5 Å². The van der Waals surface area contributed by atoms with Crippen molar-refractivity contribution in [1.82, 2.24) is 4.98 Å². The molecule has 0 saturated carbocycles. The Morgan fingerprint density at radius 1 is 1.23 bits per heavy atom.